The molecule has 1 aliphatic heterocycles. The SMILES string of the molecule is Cc1cc(C)c(-c2csc(NC(=O)CN3C(=O)N[C@@](C)(C4CC4)C3=O)n2)cc1C. The van der Waals surface area contributed by atoms with E-state index in [1.165, 1.54) is 22.5 Å². The summed E-state index contributed by atoms with van der Waals surface area (Å²) in [6.07, 6.45) is 1.84. The van der Waals surface area contributed by atoms with E-state index in [9.17, 15) is 14.4 Å². The molecule has 1 saturated carbocycles. The Kier molecular flexibility index (Phi) is 4.69. The lowest BCUT2D eigenvalue weighted by atomic mass is 9.96. The third-order valence-corrected chi connectivity index (χ3v) is 6.62. The van der Waals surface area contributed by atoms with Crippen LogP contribution in [0.1, 0.15) is 36.5 Å². The molecule has 1 saturated heterocycles. The molecule has 2 N–H and O–H groups in total. The van der Waals surface area contributed by atoms with Crippen molar-refractivity contribution in [3.63, 3.8) is 0 Å². The number of nitrogens with one attached hydrogen (secondary N) is 2. The number of aryl methyl sites for hydroxylation is 3. The van der Waals surface area contributed by atoms with Crippen LogP contribution in [0.15, 0.2) is 17.5 Å². The minimum absolute atomic E-state index is 0.162. The Morgan fingerprint density at radius 1 is 1.24 bits per heavy atom. The van der Waals surface area contributed by atoms with E-state index in [1.807, 2.05) is 12.3 Å². The summed E-state index contributed by atoms with van der Waals surface area (Å²) in [5, 5.41) is 7.80. The number of carbonyl (C=O) groups is 3. The van der Waals surface area contributed by atoms with Crippen LogP contribution in [0.5, 0.6) is 0 Å². The molecular formula is C21H24N4O3S. The minimum Gasteiger partial charge on any atom is -0.323 e. The summed E-state index contributed by atoms with van der Waals surface area (Å²) in [5.41, 5.74) is 4.46. The van der Waals surface area contributed by atoms with Crippen molar-refractivity contribution in [2.24, 2.45) is 5.92 Å². The highest BCUT2D eigenvalue weighted by atomic mass is 32.1. The zero-order valence-electron chi connectivity index (χ0n) is 17.0. The number of imide groups is 1. The number of nitrogens with zero attached hydrogens (tertiary/aromatic N) is 2. The molecule has 1 aromatic heterocycles. The Balaban J connectivity index is 1.44. The maximum atomic E-state index is 12.6. The molecule has 1 aliphatic carbocycles. The number of urea groups is 1. The molecule has 0 unspecified atom stereocenters. The van der Waals surface area contributed by atoms with Crippen LogP contribution in [0.3, 0.4) is 0 Å². The van der Waals surface area contributed by atoms with E-state index < -0.39 is 17.5 Å². The van der Waals surface area contributed by atoms with Gasteiger partial charge in [-0.1, -0.05) is 6.07 Å². The molecule has 0 bridgehead atoms. The summed E-state index contributed by atoms with van der Waals surface area (Å²) in [6.45, 7) is 7.59. The van der Waals surface area contributed by atoms with Crippen LogP contribution in [0.25, 0.3) is 11.3 Å². The van der Waals surface area contributed by atoms with Crippen molar-refractivity contribution in [2.45, 2.75) is 46.1 Å². The molecule has 8 heteroatoms. The van der Waals surface area contributed by atoms with Crippen LogP contribution in [-0.2, 0) is 9.59 Å². The lowest BCUT2D eigenvalue weighted by Crippen LogP contribution is -2.46. The highest BCUT2D eigenvalue weighted by Crippen LogP contribution is 2.42. The molecule has 2 heterocycles. The van der Waals surface area contributed by atoms with Gasteiger partial charge < -0.3 is 10.6 Å². The number of thiazole rings is 1. The summed E-state index contributed by atoms with van der Waals surface area (Å²) >= 11 is 1.32. The number of benzene rings is 1. The van der Waals surface area contributed by atoms with Crippen molar-refractivity contribution in [3.8, 4) is 11.3 Å². The summed E-state index contributed by atoms with van der Waals surface area (Å²) in [6, 6.07) is 3.71. The summed E-state index contributed by atoms with van der Waals surface area (Å²) in [4.78, 5) is 42.8. The lowest BCUT2D eigenvalue weighted by molar-refractivity contribution is -0.134. The van der Waals surface area contributed by atoms with E-state index in [2.05, 4.69) is 41.6 Å². The fraction of sp³-hybridized carbons (Fsp3) is 0.429. The number of carbonyl (C=O) groups excluding carboxylic acids is 3. The summed E-state index contributed by atoms with van der Waals surface area (Å²) in [5.74, 6) is -0.605. The molecule has 4 rings (SSSR count). The minimum atomic E-state index is -0.882. The summed E-state index contributed by atoms with van der Waals surface area (Å²) < 4.78 is 0. The quantitative estimate of drug-likeness (QED) is 0.737. The van der Waals surface area contributed by atoms with Crippen LogP contribution in [0.4, 0.5) is 9.93 Å². The second-order valence-corrected chi connectivity index (χ2v) is 8.99. The van der Waals surface area contributed by atoms with Gasteiger partial charge in [-0.05, 0) is 69.2 Å². The molecule has 1 atom stereocenters. The molecule has 7 nitrogen and oxygen atoms in total. The predicted octanol–water partition coefficient (Wildman–Crippen LogP) is 3.39. The largest absolute Gasteiger partial charge is 0.325 e. The molecule has 1 aromatic carbocycles. The maximum Gasteiger partial charge on any atom is 0.325 e. The standard InChI is InChI=1S/C21H24N4O3S/c1-11-7-13(3)15(8-12(11)2)16-10-29-19(22-16)23-17(26)9-25-18(27)21(4,14-5-6-14)24-20(25)28/h7-8,10,14H,5-6,9H2,1-4H3,(H,24,28)(H,22,23,26)/t21-/m0/s1. The molecule has 152 valence electrons. The van der Waals surface area contributed by atoms with Gasteiger partial charge in [0, 0.05) is 10.9 Å². The fourth-order valence-corrected chi connectivity index (χ4v) is 4.52. The van der Waals surface area contributed by atoms with E-state index in [-0.39, 0.29) is 18.4 Å². The average Bonchev–Trinajstić information content (AvgIpc) is 3.38. The van der Waals surface area contributed by atoms with Gasteiger partial charge in [0.1, 0.15) is 12.1 Å². The van der Waals surface area contributed by atoms with Gasteiger partial charge in [0.25, 0.3) is 5.91 Å². The van der Waals surface area contributed by atoms with Crippen molar-refractivity contribution in [1.29, 1.82) is 0 Å². The number of rotatable bonds is 5. The number of hydrogen-bond donors (Lipinski definition) is 2. The van der Waals surface area contributed by atoms with Crippen LogP contribution in [0.2, 0.25) is 0 Å². The zero-order valence-corrected chi connectivity index (χ0v) is 17.8. The third kappa shape index (κ3) is 3.53. The van der Waals surface area contributed by atoms with E-state index in [1.54, 1.807) is 6.92 Å². The number of anilines is 1. The molecule has 29 heavy (non-hydrogen) atoms. The first-order valence-corrected chi connectivity index (χ1v) is 10.5. The van der Waals surface area contributed by atoms with Gasteiger partial charge in [-0.2, -0.15) is 0 Å². The van der Waals surface area contributed by atoms with Gasteiger partial charge in [0.15, 0.2) is 5.13 Å². The number of aromatic nitrogens is 1. The first kappa shape index (κ1) is 19.6. The van der Waals surface area contributed by atoms with Crippen molar-refractivity contribution >= 4 is 34.3 Å². The predicted molar refractivity (Wildman–Crippen MR) is 112 cm³/mol. The van der Waals surface area contributed by atoms with Crippen LogP contribution in [-0.4, -0.2) is 39.8 Å². The smallest absolute Gasteiger partial charge is 0.323 e. The van der Waals surface area contributed by atoms with Gasteiger partial charge in [0.2, 0.25) is 5.91 Å². The maximum absolute atomic E-state index is 12.6. The Labute approximate surface area is 173 Å². The first-order valence-electron chi connectivity index (χ1n) is 9.66. The van der Waals surface area contributed by atoms with Crippen molar-refractivity contribution in [2.75, 3.05) is 11.9 Å². The van der Waals surface area contributed by atoms with Gasteiger partial charge in [-0.3, -0.25) is 14.5 Å². The van der Waals surface area contributed by atoms with Crippen molar-refractivity contribution in [3.05, 3.63) is 34.2 Å². The van der Waals surface area contributed by atoms with Gasteiger partial charge in [0.05, 0.1) is 5.69 Å². The molecule has 0 spiro atoms. The highest BCUT2D eigenvalue weighted by molar-refractivity contribution is 7.14. The van der Waals surface area contributed by atoms with Crippen molar-refractivity contribution < 1.29 is 14.4 Å². The monoisotopic (exact) mass is 412 g/mol. The Morgan fingerprint density at radius 3 is 2.62 bits per heavy atom. The van der Waals surface area contributed by atoms with E-state index >= 15 is 0 Å². The summed E-state index contributed by atoms with van der Waals surface area (Å²) in [7, 11) is 0. The lowest BCUT2D eigenvalue weighted by Gasteiger charge is -2.20. The second kappa shape index (κ2) is 6.95. The second-order valence-electron chi connectivity index (χ2n) is 8.14. The highest BCUT2D eigenvalue weighted by Gasteiger charge is 2.56. The van der Waals surface area contributed by atoms with E-state index in [4.69, 9.17) is 0 Å². The van der Waals surface area contributed by atoms with Crippen LogP contribution < -0.4 is 10.6 Å². The van der Waals surface area contributed by atoms with Crippen LogP contribution >= 0.6 is 11.3 Å². The topological polar surface area (TPSA) is 91.4 Å². The van der Waals surface area contributed by atoms with Gasteiger partial charge in [-0.25, -0.2) is 9.78 Å². The van der Waals surface area contributed by atoms with Crippen molar-refractivity contribution in [1.82, 2.24) is 15.2 Å². The zero-order chi connectivity index (χ0) is 20.9. The molecule has 0 radical (unpaired) electrons. The molecule has 2 fully saturated rings. The van der Waals surface area contributed by atoms with E-state index in [0.29, 0.717) is 5.13 Å². The Hall–Kier alpha value is -2.74. The van der Waals surface area contributed by atoms with Gasteiger partial charge in [-0.15, -0.1) is 11.3 Å². The Bertz CT molecular complexity index is 1030. The molecular weight excluding hydrogens is 388 g/mol. The molecule has 2 aliphatic rings. The normalized spacial score (nSPS) is 21.4. The van der Waals surface area contributed by atoms with E-state index in [0.717, 1.165) is 34.6 Å². The third-order valence-electron chi connectivity index (χ3n) is 5.86. The molecule has 4 amide bonds. The van der Waals surface area contributed by atoms with Gasteiger partial charge >= 0.3 is 6.03 Å². The average molecular weight is 413 g/mol. The fourth-order valence-electron chi connectivity index (χ4n) is 3.79. The Morgan fingerprint density at radius 2 is 1.93 bits per heavy atom. The van der Waals surface area contributed by atoms with Crippen LogP contribution in [0, 0.1) is 26.7 Å². The molecule has 2 aromatic rings. The number of amides is 4. The number of hydrogen-bond acceptors (Lipinski definition) is 5. The first-order chi connectivity index (χ1) is 13.7.